The summed E-state index contributed by atoms with van der Waals surface area (Å²) in [6.07, 6.45) is 11.0. The Morgan fingerprint density at radius 1 is 1.28 bits per heavy atom. The molecule has 8 nitrogen and oxygen atoms in total. The Morgan fingerprint density at radius 3 is 2.83 bits per heavy atom. The maximum absolute atomic E-state index is 12.8. The van der Waals surface area contributed by atoms with Crippen molar-refractivity contribution < 1.29 is 23.9 Å². The van der Waals surface area contributed by atoms with Crippen LogP contribution in [0.3, 0.4) is 0 Å². The number of rotatable bonds is 7. The van der Waals surface area contributed by atoms with E-state index in [2.05, 4.69) is 16.7 Å². The van der Waals surface area contributed by atoms with Crippen molar-refractivity contribution in [3.05, 3.63) is 11.6 Å². The molecule has 160 valence electrons. The SMILES string of the molecule is C[C@@H]1CCCC[C@@]12NC(=O)N(CC(=O)OCC(=O)NCCC1=CCCCC1)C2=O. The first-order valence-electron chi connectivity index (χ1n) is 10.7. The molecule has 0 aromatic carbocycles. The lowest BCUT2D eigenvalue weighted by atomic mass is 9.73. The van der Waals surface area contributed by atoms with Crippen LogP contribution in [-0.4, -0.2) is 54.0 Å². The first-order chi connectivity index (χ1) is 13.9. The lowest BCUT2D eigenvalue weighted by Crippen LogP contribution is -2.54. The average Bonchev–Trinajstić information content (AvgIpc) is 2.94. The highest BCUT2D eigenvalue weighted by Gasteiger charge is 2.55. The number of allylic oxidation sites excluding steroid dienone is 1. The van der Waals surface area contributed by atoms with Crippen LogP contribution < -0.4 is 10.6 Å². The molecule has 4 amide bonds. The highest BCUT2D eigenvalue weighted by atomic mass is 16.5. The summed E-state index contributed by atoms with van der Waals surface area (Å²) < 4.78 is 4.97. The van der Waals surface area contributed by atoms with E-state index in [-0.39, 0.29) is 17.7 Å². The van der Waals surface area contributed by atoms with E-state index >= 15 is 0 Å². The monoisotopic (exact) mass is 405 g/mol. The van der Waals surface area contributed by atoms with Crippen LogP contribution in [-0.2, 0) is 19.1 Å². The number of nitrogens with one attached hydrogen (secondary N) is 2. The minimum absolute atomic E-state index is 0.0266. The molecular formula is C21H31N3O5. The third-order valence-electron chi connectivity index (χ3n) is 6.31. The number of hydrogen-bond donors (Lipinski definition) is 2. The van der Waals surface area contributed by atoms with E-state index in [0.29, 0.717) is 13.0 Å². The molecular weight excluding hydrogens is 374 g/mol. The molecule has 0 bridgehead atoms. The van der Waals surface area contributed by atoms with Crippen LogP contribution >= 0.6 is 0 Å². The minimum Gasteiger partial charge on any atom is -0.454 e. The second-order valence-electron chi connectivity index (χ2n) is 8.31. The number of urea groups is 1. The quantitative estimate of drug-likeness (QED) is 0.383. The summed E-state index contributed by atoms with van der Waals surface area (Å²) >= 11 is 0. The average molecular weight is 405 g/mol. The minimum atomic E-state index is -0.902. The number of hydrogen-bond acceptors (Lipinski definition) is 5. The van der Waals surface area contributed by atoms with Crippen molar-refractivity contribution in [1.29, 1.82) is 0 Å². The van der Waals surface area contributed by atoms with Crippen molar-refractivity contribution in [2.24, 2.45) is 5.92 Å². The van der Waals surface area contributed by atoms with Gasteiger partial charge in [0.2, 0.25) is 0 Å². The number of carbonyl (C=O) groups is 4. The lowest BCUT2D eigenvalue weighted by molar-refractivity contribution is -0.151. The number of ether oxygens (including phenoxy) is 1. The number of carbonyl (C=O) groups excluding carboxylic acids is 4. The number of imide groups is 1. The Morgan fingerprint density at radius 2 is 2.10 bits per heavy atom. The van der Waals surface area contributed by atoms with Gasteiger partial charge in [-0.15, -0.1) is 0 Å². The van der Waals surface area contributed by atoms with E-state index in [1.807, 2.05) is 6.92 Å². The van der Waals surface area contributed by atoms with Crippen LogP contribution in [0.5, 0.6) is 0 Å². The summed E-state index contributed by atoms with van der Waals surface area (Å²) in [6, 6.07) is -0.564. The molecule has 2 atom stereocenters. The van der Waals surface area contributed by atoms with Crippen LogP contribution in [0.4, 0.5) is 4.79 Å². The maximum atomic E-state index is 12.8. The van der Waals surface area contributed by atoms with Gasteiger partial charge in [0.25, 0.3) is 11.8 Å². The van der Waals surface area contributed by atoms with Crippen LogP contribution in [0.1, 0.15) is 64.7 Å². The van der Waals surface area contributed by atoms with Gasteiger partial charge in [0.1, 0.15) is 12.1 Å². The highest BCUT2D eigenvalue weighted by molar-refractivity contribution is 6.09. The van der Waals surface area contributed by atoms with Crippen molar-refractivity contribution >= 4 is 23.8 Å². The summed E-state index contributed by atoms with van der Waals surface area (Å²) in [7, 11) is 0. The van der Waals surface area contributed by atoms with Crippen LogP contribution in [0.15, 0.2) is 11.6 Å². The first-order valence-corrected chi connectivity index (χ1v) is 10.7. The zero-order valence-electron chi connectivity index (χ0n) is 17.1. The summed E-state index contributed by atoms with van der Waals surface area (Å²) in [5.41, 5.74) is 0.457. The van der Waals surface area contributed by atoms with Gasteiger partial charge in [-0.2, -0.15) is 0 Å². The van der Waals surface area contributed by atoms with E-state index < -0.39 is 30.7 Å². The Labute approximate surface area is 171 Å². The van der Waals surface area contributed by atoms with E-state index in [4.69, 9.17) is 4.74 Å². The van der Waals surface area contributed by atoms with Crippen molar-refractivity contribution in [3.63, 3.8) is 0 Å². The fourth-order valence-electron chi connectivity index (χ4n) is 4.51. The summed E-state index contributed by atoms with van der Waals surface area (Å²) in [6.45, 7) is 1.57. The normalized spacial score (nSPS) is 26.9. The van der Waals surface area contributed by atoms with Crippen LogP contribution in [0.25, 0.3) is 0 Å². The molecule has 2 N–H and O–H groups in total. The number of amides is 4. The molecule has 0 aromatic heterocycles. The standard InChI is InChI=1S/C21H31N3O5/c1-15-7-5-6-11-21(15)19(27)24(20(28)23-21)13-18(26)29-14-17(25)22-12-10-16-8-3-2-4-9-16/h8,15H,2-7,9-14H2,1H3,(H,22,25)(H,23,28)/t15-,21-/m1/s1. The van der Waals surface area contributed by atoms with Gasteiger partial charge in [-0.25, -0.2) is 4.79 Å². The Kier molecular flexibility index (Phi) is 6.92. The van der Waals surface area contributed by atoms with E-state index in [1.165, 1.54) is 18.4 Å². The lowest BCUT2D eigenvalue weighted by Gasteiger charge is -2.36. The largest absolute Gasteiger partial charge is 0.454 e. The third kappa shape index (κ3) is 4.97. The number of nitrogens with zero attached hydrogens (tertiary/aromatic N) is 1. The zero-order valence-corrected chi connectivity index (χ0v) is 17.1. The van der Waals surface area contributed by atoms with Gasteiger partial charge in [-0.3, -0.25) is 19.3 Å². The molecule has 29 heavy (non-hydrogen) atoms. The second kappa shape index (κ2) is 9.41. The van der Waals surface area contributed by atoms with E-state index in [1.54, 1.807) is 0 Å². The Hall–Kier alpha value is -2.38. The molecule has 2 fully saturated rings. The van der Waals surface area contributed by atoms with Gasteiger partial charge in [-0.05, 0) is 50.9 Å². The molecule has 1 saturated carbocycles. The zero-order chi connectivity index (χ0) is 20.9. The van der Waals surface area contributed by atoms with Crippen molar-refractivity contribution in [2.75, 3.05) is 19.7 Å². The Bertz CT molecular complexity index is 704. The van der Waals surface area contributed by atoms with Crippen molar-refractivity contribution in [1.82, 2.24) is 15.5 Å². The fraction of sp³-hybridized carbons (Fsp3) is 0.714. The molecule has 0 radical (unpaired) electrons. The highest BCUT2D eigenvalue weighted by Crippen LogP contribution is 2.38. The fourth-order valence-corrected chi connectivity index (χ4v) is 4.51. The molecule has 0 aromatic rings. The van der Waals surface area contributed by atoms with Gasteiger partial charge in [-0.1, -0.05) is 31.4 Å². The molecule has 1 spiro atoms. The van der Waals surface area contributed by atoms with E-state index in [0.717, 1.165) is 43.4 Å². The predicted molar refractivity (Wildman–Crippen MR) is 106 cm³/mol. The maximum Gasteiger partial charge on any atom is 0.326 e. The van der Waals surface area contributed by atoms with Crippen LogP contribution in [0.2, 0.25) is 0 Å². The smallest absolute Gasteiger partial charge is 0.326 e. The van der Waals surface area contributed by atoms with Gasteiger partial charge in [0, 0.05) is 6.54 Å². The Balaban J connectivity index is 1.41. The van der Waals surface area contributed by atoms with Crippen molar-refractivity contribution in [3.8, 4) is 0 Å². The summed E-state index contributed by atoms with van der Waals surface area (Å²) in [5.74, 6) is -1.49. The molecule has 1 heterocycles. The molecule has 8 heteroatoms. The molecule has 3 aliphatic rings. The predicted octanol–water partition coefficient (Wildman–Crippen LogP) is 2.04. The third-order valence-corrected chi connectivity index (χ3v) is 6.31. The van der Waals surface area contributed by atoms with Crippen molar-refractivity contribution in [2.45, 2.75) is 70.3 Å². The van der Waals surface area contributed by atoms with Gasteiger partial charge < -0.3 is 15.4 Å². The molecule has 2 aliphatic carbocycles. The molecule has 0 unspecified atom stereocenters. The first kappa shape index (κ1) is 21.3. The van der Waals surface area contributed by atoms with Crippen LogP contribution in [0, 0.1) is 5.92 Å². The molecule has 1 saturated heterocycles. The van der Waals surface area contributed by atoms with E-state index in [9.17, 15) is 19.2 Å². The van der Waals surface area contributed by atoms with Gasteiger partial charge >= 0.3 is 12.0 Å². The molecule has 1 aliphatic heterocycles. The second-order valence-corrected chi connectivity index (χ2v) is 8.31. The van der Waals surface area contributed by atoms with Gasteiger partial charge in [0.05, 0.1) is 0 Å². The number of esters is 1. The van der Waals surface area contributed by atoms with Gasteiger partial charge in [0.15, 0.2) is 6.61 Å². The summed E-state index contributed by atoms with van der Waals surface area (Å²) in [4.78, 5) is 50.0. The molecule has 3 rings (SSSR count). The topological polar surface area (TPSA) is 105 Å². The summed E-state index contributed by atoms with van der Waals surface area (Å²) in [5, 5.41) is 5.53.